The number of furan rings is 1. The molecule has 4 rings (SSSR count). The lowest BCUT2D eigenvalue weighted by molar-refractivity contribution is -0.120. The van der Waals surface area contributed by atoms with Gasteiger partial charge in [-0.1, -0.05) is 36.4 Å². The van der Waals surface area contributed by atoms with Gasteiger partial charge < -0.3 is 9.32 Å². The van der Waals surface area contributed by atoms with Crippen LogP contribution in [0, 0.1) is 6.92 Å². The summed E-state index contributed by atoms with van der Waals surface area (Å²) in [6, 6.07) is 15.6. The van der Waals surface area contributed by atoms with E-state index in [0.29, 0.717) is 5.58 Å². The van der Waals surface area contributed by atoms with Crippen molar-refractivity contribution in [1.82, 2.24) is 10.9 Å². The molecule has 1 aliphatic rings. The number of aryl methyl sites for hydroxylation is 2. The van der Waals surface area contributed by atoms with Gasteiger partial charge in [-0.25, -0.2) is 0 Å². The summed E-state index contributed by atoms with van der Waals surface area (Å²) in [6.07, 6.45) is 2.03. The molecule has 27 heavy (non-hydrogen) atoms. The molecule has 6 heteroatoms. The van der Waals surface area contributed by atoms with E-state index < -0.39 is 5.91 Å². The van der Waals surface area contributed by atoms with Gasteiger partial charge in [-0.15, -0.1) is 0 Å². The van der Waals surface area contributed by atoms with Gasteiger partial charge in [-0.3, -0.25) is 20.4 Å². The Kier molecular flexibility index (Phi) is 4.54. The lowest BCUT2D eigenvalue weighted by Crippen LogP contribution is -2.47. The minimum absolute atomic E-state index is 0.191. The molecule has 6 nitrogen and oxygen atoms in total. The SMILES string of the molecule is Cc1c(C(=O)NNC(=O)CN2CCCc3ccccc32)oc2ccccc12. The number of carbonyl (C=O) groups excluding carboxylic acids is 2. The summed E-state index contributed by atoms with van der Waals surface area (Å²) in [5.74, 6) is -0.523. The van der Waals surface area contributed by atoms with Crippen LogP contribution in [0.3, 0.4) is 0 Å². The highest BCUT2D eigenvalue weighted by Gasteiger charge is 2.20. The van der Waals surface area contributed by atoms with Crippen molar-refractivity contribution in [2.75, 3.05) is 18.0 Å². The van der Waals surface area contributed by atoms with E-state index in [1.165, 1.54) is 5.56 Å². The average Bonchev–Trinajstić information content (AvgIpc) is 3.03. The van der Waals surface area contributed by atoms with Gasteiger partial charge in [0.05, 0.1) is 6.54 Å². The number of hydrazine groups is 1. The average molecular weight is 363 g/mol. The van der Waals surface area contributed by atoms with Gasteiger partial charge in [-0.05, 0) is 37.5 Å². The fourth-order valence-corrected chi connectivity index (χ4v) is 3.56. The molecule has 2 N–H and O–H groups in total. The van der Waals surface area contributed by atoms with E-state index in [4.69, 9.17) is 4.42 Å². The van der Waals surface area contributed by atoms with Crippen LogP contribution in [-0.4, -0.2) is 24.9 Å². The van der Waals surface area contributed by atoms with Gasteiger partial charge in [-0.2, -0.15) is 0 Å². The molecule has 0 spiro atoms. The van der Waals surface area contributed by atoms with E-state index in [1.54, 1.807) is 0 Å². The third-order valence-corrected chi connectivity index (χ3v) is 4.91. The molecular formula is C21H21N3O3. The van der Waals surface area contributed by atoms with Crippen molar-refractivity contribution in [3.63, 3.8) is 0 Å². The van der Waals surface area contributed by atoms with E-state index in [1.807, 2.05) is 54.3 Å². The molecule has 0 fully saturated rings. The van der Waals surface area contributed by atoms with Crippen LogP contribution in [0.25, 0.3) is 11.0 Å². The van der Waals surface area contributed by atoms with Crippen molar-refractivity contribution in [2.24, 2.45) is 0 Å². The predicted molar refractivity (Wildman–Crippen MR) is 104 cm³/mol. The second kappa shape index (κ2) is 7.15. The number of nitrogens with zero attached hydrogens (tertiary/aromatic N) is 1. The Hall–Kier alpha value is -3.28. The molecule has 0 aliphatic carbocycles. The topological polar surface area (TPSA) is 74.6 Å². The minimum atomic E-state index is -0.462. The summed E-state index contributed by atoms with van der Waals surface area (Å²) in [6.45, 7) is 2.84. The highest BCUT2D eigenvalue weighted by atomic mass is 16.3. The molecule has 3 aromatic rings. The number of carbonyl (C=O) groups is 2. The molecule has 0 bridgehead atoms. The Morgan fingerprint density at radius 3 is 2.70 bits per heavy atom. The number of para-hydroxylation sites is 2. The molecule has 0 atom stereocenters. The Balaban J connectivity index is 1.39. The molecule has 1 aromatic heterocycles. The van der Waals surface area contributed by atoms with Crippen LogP contribution in [0.15, 0.2) is 52.9 Å². The van der Waals surface area contributed by atoms with Crippen molar-refractivity contribution in [1.29, 1.82) is 0 Å². The van der Waals surface area contributed by atoms with E-state index in [2.05, 4.69) is 16.9 Å². The Morgan fingerprint density at radius 2 is 1.85 bits per heavy atom. The quantitative estimate of drug-likeness (QED) is 0.702. The number of hydrogen-bond acceptors (Lipinski definition) is 4. The summed E-state index contributed by atoms with van der Waals surface area (Å²) < 4.78 is 5.62. The highest BCUT2D eigenvalue weighted by Crippen LogP contribution is 2.26. The van der Waals surface area contributed by atoms with E-state index >= 15 is 0 Å². The smallest absolute Gasteiger partial charge is 0.305 e. The Bertz CT molecular complexity index is 1010. The number of hydrogen-bond donors (Lipinski definition) is 2. The summed E-state index contributed by atoms with van der Waals surface area (Å²) in [4.78, 5) is 26.7. The third kappa shape index (κ3) is 3.38. The van der Waals surface area contributed by atoms with Gasteiger partial charge in [0.1, 0.15) is 5.58 Å². The molecule has 2 aromatic carbocycles. The highest BCUT2D eigenvalue weighted by molar-refractivity contribution is 5.99. The fraction of sp³-hybridized carbons (Fsp3) is 0.238. The number of nitrogens with one attached hydrogen (secondary N) is 2. The van der Waals surface area contributed by atoms with Crippen LogP contribution in [0.1, 0.15) is 28.1 Å². The monoisotopic (exact) mass is 363 g/mol. The first-order chi connectivity index (χ1) is 13.1. The van der Waals surface area contributed by atoms with Crippen molar-refractivity contribution >= 4 is 28.5 Å². The maximum atomic E-state index is 12.4. The van der Waals surface area contributed by atoms with Crippen molar-refractivity contribution in [3.05, 3.63) is 65.4 Å². The van der Waals surface area contributed by atoms with Gasteiger partial charge >= 0.3 is 5.91 Å². The Labute approximate surface area is 157 Å². The molecular weight excluding hydrogens is 342 g/mol. The lowest BCUT2D eigenvalue weighted by Gasteiger charge is -2.30. The van der Waals surface area contributed by atoms with Crippen LogP contribution in [0.5, 0.6) is 0 Å². The standard InChI is InChI=1S/C21H21N3O3/c1-14-16-9-3-5-11-18(16)27-20(14)21(26)23-22-19(25)13-24-12-6-8-15-7-2-4-10-17(15)24/h2-5,7,9-11H,6,8,12-13H2,1H3,(H,22,25)(H,23,26). The van der Waals surface area contributed by atoms with Crippen molar-refractivity contribution < 1.29 is 14.0 Å². The number of rotatable bonds is 3. The van der Waals surface area contributed by atoms with Gasteiger partial charge in [0.25, 0.3) is 5.91 Å². The molecule has 1 aliphatic heterocycles. The van der Waals surface area contributed by atoms with Crippen molar-refractivity contribution in [2.45, 2.75) is 19.8 Å². The molecule has 0 saturated heterocycles. The maximum Gasteiger partial charge on any atom is 0.305 e. The van der Waals surface area contributed by atoms with Crippen molar-refractivity contribution in [3.8, 4) is 0 Å². The predicted octanol–water partition coefficient (Wildman–Crippen LogP) is 2.96. The normalized spacial score (nSPS) is 13.3. The zero-order valence-electron chi connectivity index (χ0n) is 15.1. The molecule has 138 valence electrons. The first-order valence-corrected chi connectivity index (χ1v) is 9.03. The Morgan fingerprint density at radius 1 is 1.07 bits per heavy atom. The maximum absolute atomic E-state index is 12.4. The number of benzene rings is 2. The first-order valence-electron chi connectivity index (χ1n) is 9.03. The largest absolute Gasteiger partial charge is 0.451 e. The third-order valence-electron chi connectivity index (χ3n) is 4.91. The van der Waals surface area contributed by atoms with E-state index in [9.17, 15) is 9.59 Å². The number of amides is 2. The van der Waals surface area contributed by atoms with Crippen LogP contribution >= 0.6 is 0 Å². The molecule has 0 radical (unpaired) electrons. The molecule has 0 saturated carbocycles. The van der Waals surface area contributed by atoms with Crippen LogP contribution in [-0.2, 0) is 11.2 Å². The zero-order valence-corrected chi connectivity index (χ0v) is 15.1. The molecule has 2 amide bonds. The summed E-state index contributed by atoms with van der Waals surface area (Å²) >= 11 is 0. The fourth-order valence-electron chi connectivity index (χ4n) is 3.56. The summed E-state index contributed by atoms with van der Waals surface area (Å²) in [5, 5.41) is 0.888. The van der Waals surface area contributed by atoms with Gasteiger partial charge in [0, 0.05) is 23.2 Å². The van der Waals surface area contributed by atoms with Gasteiger partial charge in [0.2, 0.25) is 0 Å². The van der Waals surface area contributed by atoms with E-state index in [0.717, 1.165) is 36.0 Å². The first kappa shape index (κ1) is 17.1. The second-order valence-electron chi connectivity index (χ2n) is 6.71. The summed E-state index contributed by atoms with van der Waals surface area (Å²) in [7, 11) is 0. The minimum Gasteiger partial charge on any atom is -0.451 e. The zero-order chi connectivity index (χ0) is 18.8. The molecule has 2 heterocycles. The van der Waals surface area contributed by atoms with Crippen LogP contribution in [0.4, 0.5) is 5.69 Å². The second-order valence-corrected chi connectivity index (χ2v) is 6.71. The van der Waals surface area contributed by atoms with Gasteiger partial charge in [0.15, 0.2) is 5.76 Å². The number of fused-ring (bicyclic) bond motifs is 2. The van der Waals surface area contributed by atoms with Crippen LogP contribution < -0.4 is 15.8 Å². The summed E-state index contributed by atoms with van der Waals surface area (Å²) in [5.41, 5.74) is 8.68. The van der Waals surface area contributed by atoms with Crippen LogP contribution in [0.2, 0.25) is 0 Å². The lowest BCUT2D eigenvalue weighted by atomic mass is 10.0. The molecule has 0 unspecified atom stereocenters. The van der Waals surface area contributed by atoms with E-state index in [-0.39, 0.29) is 18.2 Å². The number of anilines is 1.